The number of aliphatic hydroxyl groups excluding tert-OH is 1. The molecule has 90 valence electrons. The molecule has 5 nitrogen and oxygen atoms in total. The number of imidazole rings is 1. The third-order valence-corrected chi connectivity index (χ3v) is 2.51. The van der Waals surface area contributed by atoms with E-state index in [4.69, 9.17) is 9.47 Å². The molecule has 5 heteroatoms. The van der Waals surface area contributed by atoms with Gasteiger partial charge in [-0.05, 0) is 12.1 Å². The van der Waals surface area contributed by atoms with E-state index in [-0.39, 0.29) is 0 Å². The fraction of sp³-hybridized carbons (Fsp3) is 0.250. The molecule has 0 radical (unpaired) electrons. The summed E-state index contributed by atoms with van der Waals surface area (Å²) in [6.07, 6.45) is 2.41. The third kappa shape index (κ3) is 2.24. The van der Waals surface area contributed by atoms with Crippen LogP contribution >= 0.6 is 0 Å². The quantitative estimate of drug-likeness (QED) is 0.841. The fourth-order valence-corrected chi connectivity index (χ4v) is 1.62. The van der Waals surface area contributed by atoms with Crippen molar-refractivity contribution in [2.75, 3.05) is 14.2 Å². The second-order valence-corrected chi connectivity index (χ2v) is 3.48. The number of ether oxygens (including phenoxy) is 2. The van der Waals surface area contributed by atoms with Gasteiger partial charge in [0.05, 0.1) is 14.2 Å². The van der Waals surface area contributed by atoms with Crippen molar-refractivity contribution in [2.24, 2.45) is 0 Å². The van der Waals surface area contributed by atoms with E-state index in [1.54, 1.807) is 44.8 Å². The van der Waals surface area contributed by atoms with E-state index in [0.29, 0.717) is 22.9 Å². The van der Waals surface area contributed by atoms with E-state index in [1.165, 1.54) is 0 Å². The predicted octanol–water partition coefficient (Wildman–Crippen LogP) is 1.51. The average Bonchev–Trinajstić information content (AvgIpc) is 2.91. The first kappa shape index (κ1) is 11.5. The van der Waals surface area contributed by atoms with Gasteiger partial charge in [-0.1, -0.05) is 0 Å². The number of H-pyrrole nitrogens is 1. The second kappa shape index (κ2) is 4.88. The molecule has 17 heavy (non-hydrogen) atoms. The fourth-order valence-electron chi connectivity index (χ4n) is 1.62. The Balaban J connectivity index is 2.38. The Morgan fingerprint density at radius 3 is 2.71 bits per heavy atom. The molecule has 2 N–H and O–H groups in total. The summed E-state index contributed by atoms with van der Waals surface area (Å²) in [6.45, 7) is 0. The van der Waals surface area contributed by atoms with Crippen LogP contribution in [0.3, 0.4) is 0 Å². The van der Waals surface area contributed by atoms with Gasteiger partial charge in [-0.3, -0.25) is 0 Å². The Hall–Kier alpha value is -2.01. The Morgan fingerprint density at radius 2 is 2.12 bits per heavy atom. The summed E-state index contributed by atoms with van der Waals surface area (Å²) in [5.41, 5.74) is 0.642. The Bertz CT molecular complexity index is 483. The lowest BCUT2D eigenvalue weighted by molar-refractivity contribution is 0.205. The minimum atomic E-state index is -0.842. The van der Waals surface area contributed by atoms with Crippen LogP contribution in [0.5, 0.6) is 11.5 Å². The van der Waals surface area contributed by atoms with Crippen molar-refractivity contribution < 1.29 is 14.6 Å². The van der Waals surface area contributed by atoms with Gasteiger partial charge in [0, 0.05) is 24.0 Å². The minimum absolute atomic E-state index is 0.480. The highest BCUT2D eigenvalue weighted by molar-refractivity contribution is 5.43. The van der Waals surface area contributed by atoms with Crippen LogP contribution < -0.4 is 9.47 Å². The van der Waals surface area contributed by atoms with Gasteiger partial charge in [0.25, 0.3) is 0 Å². The number of aliphatic hydroxyl groups is 1. The number of rotatable bonds is 4. The zero-order valence-electron chi connectivity index (χ0n) is 9.68. The van der Waals surface area contributed by atoms with E-state index in [0.717, 1.165) is 0 Å². The number of benzene rings is 1. The van der Waals surface area contributed by atoms with Crippen LogP contribution in [-0.4, -0.2) is 29.3 Å². The van der Waals surface area contributed by atoms with E-state index >= 15 is 0 Å². The summed E-state index contributed by atoms with van der Waals surface area (Å²) in [4.78, 5) is 6.89. The first-order valence-corrected chi connectivity index (χ1v) is 5.15. The van der Waals surface area contributed by atoms with E-state index < -0.39 is 6.10 Å². The maximum Gasteiger partial charge on any atom is 0.140 e. The topological polar surface area (TPSA) is 67.4 Å². The van der Waals surface area contributed by atoms with Crippen molar-refractivity contribution in [1.29, 1.82) is 0 Å². The number of hydrogen-bond donors (Lipinski definition) is 2. The third-order valence-electron chi connectivity index (χ3n) is 2.51. The van der Waals surface area contributed by atoms with Gasteiger partial charge in [0.2, 0.25) is 0 Å². The summed E-state index contributed by atoms with van der Waals surface area (Å²) in [6, 6.07) is 5.25. The lowest BCUT2D eigenvalue weighted by atomic mass is 10.1. The van der Waals surface area contributed by atoms with Crippen LogP contribution in [0.4, 0.5) is 0 Å². The van der Waals surface area contributed by atoms with Crippen LogP contribution in [0, 0.1) is 0 Å². The van der Waals surface area contributed by atoms with Gasteiger partial charge >= 0.3 is 0 Å². The molecule has 1 unspecified atom stereocenters. The summed E-state index contributed by atoms with van der Waals surface area (Å²) >= 11 is 0. The molecule has 0 bridgehead atoms. The highest BCUT2D eigenvalue weighted by atomic mass is 16.5. The van der Waals surface area contributed by atoms with Crippen molar-refractivity contribution >= 4 is 0 Å². The molecule has 0 aliphatic carbocycles. The predicted molar refractivity (Wildman–Crippen MR) is 62.2 cm³/mol. The summed E-state index contributed by atoms with van der Waals surface area (Å²) < 4.78 is 10.3. The van der Waals surface area contributed by atoms with Gasteiger partial charge in [0.15, 0.2) is 0 Å². The van der Waals surface area contributed by atoms with Crippen molar-refractivity contribution in [3.05, 3.63) is 42.0 Å². The molecular weight excluding hydrogens is 220 g/mol. The SMILES string of the molecule is COc1ccc(C(O)c2ncc[nH]2)c(OC)c1. The molecule has 0 saturated heterocycles. The molecule has 0 spiro atoms. The molecule has 0 fully saturated rings. The lowest BCUT2D eigenvalue weighted by Crippen LogP contribution is -2.04. The summed E-state index contributed by atoms with van der Waals surface area (Å²) in [7, 11) is 3.13. The largest absolute Gasteiger partial charge is 0.497 e. The summed E-state index contributed by atoms with van der Waals surface area (Å²) in [5.74, 6) is 1.72. The van der Waals surface area contributed by atoms with Gasteiger partial charge in [-0.15, -0.1) is 0 Å². The Kier molecular flexibility index (Phi) is 3.30. The van der Waals surface area contributed by atoms with Crippen molar-refractivity contribution in [3.63, 3.8) is 0 Å². The molecule has 0 aliphatic heterocycles. The smallest absolute Gasteiger partial charge is 0.140 e. The number of aromatic amines is 1. The highest BCUT2D eigenvalue weighted by Gasteiger charge is 2.17. The van der Waals surface area contributed by atoms with Crippen molar-refractivity contribution in [1.82, 2.24) is 9.97 Å². The number of hydrogen-bond acceptors (Lipinski definition) is 4. The molecule has 2 rings (SSSR count). The van der Waals surface area contributed by atoms with Crippen molar-refractivity contribution in [2.45, 2.75) is 6.10 Å². The zero-order valence-corrected chi connectivity index (χ0v) is 9.68. The van der Waals surface area contributed by atoms with Crippen LogP contribution in [0.2, 0.25) is 0 Å². The van der Waals surface area contributed by atoms with Crippen LogP contribution in [0.25, 0.3) is 0 Å². The standard InChI is InChI=1S/C12H14N2O3/c1-16-8-3-4-9(10(7-8)17-2)11(15)12-13-5-6-14-12/h3-7,11,15H,1-2H3,(H,13,14). The highest BCUT2D eigenvalue weighted by Crippen LogP contribution is 2.31. The maximum atomic E-state index is 10.1. The molecule has 2 aromatic rings. The van der Waals surface area contributed by atoms with E-state index in [2.05, 4.69) is 9.97 Å². The van der Waals surface area contributed by atoms with Crippen molar-refractivity contribution in [3.8, 4) is 11.5 Å². The van der Waals surface area contributed by atoms with Crippen LogP contribution in [0.15, 0.2) is 30.6 Å². The van der Waals surface area contributed by atoms with Crippen LogP contribution in [-0.2, 0) is 0 Å². The van der Waals surface area contributed by atoms with Gasteiger partial charge in [0.1, 0.15) is 23.4 Å². The van der Waals surface area contributed by atoms with E-state index in [1.807, 2.05) is 0 Å². The van der Waals surface area contributed by atoms with E-state index in [9.17, 15) is 5.11 Å². The average molecular weight is 234 g/mol. The van der Waals surface area contributed by atoms with Crippen LogP contribution in [0.1, 0.15) is 17.5 Å². The van der Waals surface area contributed by atoms with Gasteiger partial charge < -0.3 is 19.6 Å². The zero-order chi connectivity index (χ0) is 12.3. The normalized spacial score (nSPS) is 12.2. The summed E-state index contributed by atoms with van der Waals surface area (Å²) in [5, 5.41) is 10.1. The van der Waals surface area contributed by atoms with Gasteiger partial charge in [-0.2, -0.15) is 0 Å². The molecule has 0 saturated carbocycles. The lowest BCUT2D eigenvalue weighted by Gasteiger charge is -2.14. The Morgan fingerprint density at radius 1 is 1.29 bits per heavy atom. The molecular formula is C12H14N2O3. The first-order valence-electron chi connectivity index (χ1n) is 5.15. The molecule has 0 amide bonds. The minimum Gasteiger partial charge on any atom is -0.497 e. The number of nitrogens with zero attached hydrogens (tertiary/aromatic N) is 1. The first-order chi connectivity index (χ1) is 8.26. The molecule has 1 aromatic heterocycles. The number of methoxy groups -OCH3 is 2. The molecule has 1 atom stereocenters. The molecule has 0 aliphatic rings. The number of aromatic nitrogens is 2. The van der Waals surface area contributed by atoms with Gasteiger partial charge in [-0.25, -0.2) is 4.98 Å². The monoisotopic (exact) mass is 234 g/mol. The Labute approximate surface area is 99.0 Å². The maximum absolute atomic E-state index is 10.1. The molecule has 1 aromatic carbocycles. The second-order valence-electron chi connectivity index (χ2n) is 3.48. The molecule has 1 heterocycles. The number of nitrogens with one attached hydrogen (secondary N) is 1.